The average molecular weight is 345 g/mol. The van der Waals surface area contributed by atoms with Gasteiger partial charge in [0.1, 0.15) is 12.3 Å². The number of hydrogen-bond donors (Lipinski definition) is 0. The van der Waals surface area contributed by atoms with Gasteiger partial charge in [-0.3, -0.25) is 14.5 Å². The lowest BCUT2D eigenvalue weighted by atomic mass is 9.96. The van der Waals surface area contributed by atoms with Crippen molar-refractivity contribution in [3.8, 4) is 5.75 Å². The Morgan fingerprint density at radius 2 is 1.92 bits per heavy atom. The monoisotopic (exact) mass is 345 g/mol. The third-order valence-electron chi connectivity index (χ3n) is 5.35. The van der Waals surface area contributed by atoms with E-state index in [4.69, 9.17) is 4.74 Å². The lowest BCUT2D eigenvalue weighted by molar-refractivity contribution is -0.144. The Kier molecular flexibility index (Phi) is 5.27. The van der Waals surface area contributed by atoms with Gasteiger partial charge in [0.25, 0.3) is 0 Å². The van der Waals surface area contributed by atoms with Crippen LogP contribution in [0.4, 0.5) is 0 Å². The first kappa shape index (κ1) is 17.7. The molecule has 0 spiro atoms. The minimum Gasteiger partial charge on any atom is -0.497 e. The van der Waals surface area contributed by atoms with Crippen LogP contribution in [0.25, 0.3) is 0 Å². The van der Waals surface area contributed by atoms with Gasteiger partial charge in [-0.05, 0) is 30.5 Å². The van der Waals surface area contributed by atoms with Crippen molar-refractivity contribution in [2.24, 2.45) is 0 Å². The Morgan fingerprint density at radius 1 is 1.20 bits per heavy atom. The number of ether oxygens (including phenoxy) is 1. The Hall–Kier alpha value is -2.08. The Labute approximate surface area is 149 Å². The summed E-state index contributed by atoms with van der Waals surface area (Å²) in [6.07, 6.45) is 2.35. The van der Waals surface area contributed by atoms with E-state index in [1.54, 1.807) is 26.1 Å². The second-order valence-electron chi connectivity index (χ2n) is 7.09. The van der Waals surface area contributed by atoms with Crippen molar-refractivity contribution < 1.29 is 14.3 Å². The zero-order valence-electron chi connectivity index (χ0n) is 15.3. The van der Waals surface area contributed by atoms with Gasteiger partial charge < -0.3 is 14.5 Å². The van der Waals surface area contributed by atoms with Crippen LogP contribution in [0, 0.1) is 0 Å². The highest BCUT2D eigenvalue weighted by atomic mass is 16.5. The fourth-order valence-corrected chi connectivity index (χ4v) is 3.89. The molecule has 2 atom stereocenters. The molecule has 0 N–H and O–H groups in total. The maximum absolute atomic E-state index is 12.4. The molecule has 2 aliphatic heterocycles. The molecule has 0 aliphatic carbocycles. The molecule has 0 bridgehead atoms. The van der Waals surface area contributed by atoms with Crippen molar-refractivity contribution in [2.45, 2.75) is 37.9 Å². The number of rotatable bonds is 5. The summed E-state index contributed by atoms with van der Waals surface area (Å²) < 4.78 is 5.21. The number of fused-ring (bicyclic) bond motifs is 1. The van der Waals surface area contributed by atoms with E-state index in [9.17, 15) is 9.59 Å². The number of carbonyl (C=O) groups excluding carboxylic acids is 2. The summed E-state index contributed by atoms with van der Waals surface area (Å²) in [4.78, 5) is 30.3. The normalized spacial score (nSPS) is 23.5. The summed E-state index contributed by atoms with van der Waals surface area (Å²) in [5, 5.41) is 0. The van der Waals surface area contributed by atoms with Gasteiger partial charge >= 0.3 is 0 Å². The number of carbonyl (C=O) groups is 2. The van der Waals surface area contributed by atoms with Crippen molar-refractivity contribution in [1.82, 2.24) is 14.7 Å². The fourth-order valence-electron chi connectivity index (χ4n) is 3.89. The lowest BCUT2D eigenvalue weighted by Gasteiger charge is -2.39. The maximum atomic E-state index is 12.4. The van der Waals surface area contributed by atoms with Crippen LogP contribution in [0.15, 0.2) is 24.3 Å². The van der Waals surface area contributed by atoms with Crippen LogP contribution in [0.3, 0.4) is 0 Å². The highest BCUT2D eigenvalue weighted by Crippen LogP contribution is 2.32. The van der Waals surface area contributed by atoms with Gasteiger partial charge in [-0.25, -0.2) is 0 Å². The molecule has 2 amide bonds. The first-order valence-corrected chi connectivity index (χ1v) is 8.86. The second-order valence-corrected chi connectivity index (χ2v) is 7.09. The number of amides is 2. The van der Waals surface area contributed by atoms with Crippen LogP contribution in [0.5, 0.6) is 5.75 Å². The van der Waals surface area contributed by atoms with E-state index in [1.807, 2.05) is 17.0 Å². The van der Waals surface area contributed by atoms with Crippen molar-refractivity contribution in [3.63, 3.8) is 0 Å². The van der Waals surface area contributed by atoms with Gasteiger partial charge in [-0.15, -0.1) is 0 Å². The fraction of sp³-hybridized carbons (Fsp3) is 0.579. The molecule has 0 radical (unpaired) electrons. The van der Waals surface area contributed by atoms with E-state index >= 15 is 0 Å². The highest BCUT2D eigenvalue weighted by Gasteiger charge is 2.43. The minimum atomic E-state index is -0.0115. The third-order valence-corrected chi connectivity index (χ3v) is 5.35. The molecule has 2 saturated heterocycles. The van der Waals surface area contributed by atoms with Crippen LogP contribution >= 0.6 is 0 Å². The summed E-state index contributed by atoms with van der Waals surface area (Å²) in [7, 11) is 5.14. The number of nitrogens with zero attached hydrogens (tertiary/aromatic N) is 3. The summed E-state index contributed by atoms with van der Waals surface area (Å²) in [6, 6.07) is 8.64. The van der Waals surface area contributed by atoms with E-state index < -0.39 is 0 Å². The van der Waals surface area contributed by atoms with Gasteiger partial charge in [0, 0.05) is 45.7 Å². The molecule has 6 nitrogen and oxygen atoms in total. The first-order valence-electron chi connectivity index (χ1n) is 8.86. The molecule has 3 rings (SSSR count). The molecular formula is C19H27N3O3. The van der Waals surface area contributed by atoms with Crippen molar-refractivity contribution in [3.05, 3.63) is 29.8 Å². The standard InChI is InChI=1S/C19H27N3O3/c1-20(2)19(24)13-22-17-10-11-21(16(17)8-9-18(22)23)12-14-4-6-15(25-3)7-5-14/h4-7,16-17H,8-13H2,1-3H3/t16-,17-/m0/s1. The molecule has 136 valence electrons. The van der Waals surface area contributed by atoms with E-state index in [1.165, 1.54) is 5.56 Å². The van der Waals surface area contributed by atoms with Gasteiger partial charge in [-0.2, -0.15) is 0 Å². The van der Waals surface area contributed by atoms with E-state index in [0.29, 0.717) is 12.5 Å². The summed E-state index contributed by atoms with van der Waals surface area (Å²) in [6.45, 7) is 2.03. The molecule has 0 aromatic heterocycles. The number of methoxy groups -OCH3 is 1. The number of benzene rings is 1. The SMILES string of the molecule is COc1ccc(CN2CC[C@H]3[C@@H]2CCC(=O)N3CC(=O)N(C)C)cc1. The van der Waals surface area contributed by atoms with E-state index in [-0.39, 0.29) is 24.4 Å². The van der Waals surface area contributed by atoms with Crippen molar-refractivity contribution in [2.75, 3.05) is 34.3 Å². The van der Waals surface area contributed by atoms with Crippen LogP contribution in [0.2, 0.25) is 0 Å². The largest absolute Gasteiger partial charge is 0.497 e. The summed E-state index contributed by atoms with van der Waals surface area (Å²) in [5.41, 5.74) is 1.24. The van der Waals surface area contributed by atoms with E-state index in [2.05, 4.69) is 17.0 Å². The summed E-state index contributed by atoms with van der Waals surface area (Å²) >= 11 is 0. The molecule has 0 unspecified atom stereocenters. The molecular weight excluding hydrogens is 318 g/mol. The highest BCUT2D eigenvalue weighted by molar-refractivity contribution is 5.85. The number of hydrogen-bond acceptors (Lipinski definition) is 4. The van der Waals surface area contributed by atoms with Crippen LogP contribution in [-0.2, 0) is 16.1 Å². The second kappa shape index (κ2) is 7.44. The predicted molar refractivity (Wildman–Crippen MR) is 95.2 cm³/mol. The lowest BCUT2D eigenvalue weighted by Crippen LogP contribution is -2.54. The van der Waals surface area contributed by atoms with Crippen LogP contribution < -0.4 is 4.74 Å². The smallest absolute Gasteiger partial charge is 0.241 e. The Balaban J connectivity index is 1.67. The van der Waals surface area contributed by atoms with Gasteiger partial charge in [0.2, 0.25) is 11.8 Å². The summed E-state index contributed by atoms with van der Waals surface area (Å²) in [5.74, 6) is 0.963. The third kappa shape index (κ3) is 3.79. The van der Waals surface area contributed by atoms with Crippen molar-refractivity contribution >= 4 is 11.8 Å². The van der Waals surface area contributed by atoms with Crippen molar-refractivity contribution in [1.29, 1.82) is 0 Å². The molecule has 6 heteroatoms. The molecule has 25 heavy (non-hydrogen) atoms. The predicted octanol–water partition coefficient (Wildman–Crippen LogP) is 1.35. The molecule has 0 saturated carbocycles. The molecule has 1 aromatic rings. The maximum Gasteiger partial charge on any atom is 0.241 e. The molecule has 2 aliphatic rings. The quantitative estimate of drug-likeness (QED) is 0.808. The van der Waals surface area contributed by atoms with Gasteiger partial charge in [0.05, 0.1) is 7.11 Å². The first-order chi connectivity index (χ1) is 12.0. The van der Waals surface area contributed by atoms with Gasteiger partial charge in [-0.1, -0.05) is 12.1 Å². The van der Waals surface area contributed by atoms with Crippen LogP contribution in [-0.4, -0.2) is 72.9 Å². The number of likely N-dealkylation sites (tertiary alicyclic amines) is 2. The van der Waals surface area contributed by atoms with Crippen LogP contribution in [0.1, 0.15) is 24.8 Å². The Bertz CT molecular complexity index is 629. The van der Waals surface area contributed by atoms with E-state index in [0.717, 1.165) is 31.7 Å². The van der Waals surface area contributed by atoms with Gasteiger partial charge in [0.15, 0.2) is 0 Å². The zero-order chi connectivity index (χ0) is 18.0. The number of likely N-dealkylation sites (N-methyl/N-ethyl adjacent to an activating group) is 1. The Morgan fingerprint density at radius 3 is 2.56 bits per heavy atom. The molecule has 1 aromatic carbocycles. The molecule has 2 fully saturated rings. The topological polar surface area (TPSA) is 53.1 Å². The zero-order valence-corrected chi connectivity index (χ0v) is 15.3. The minimum absolute atomic E-state index is 0.0115. The molecule has 2 heterocycles. The number of piperidine rings is 1. The average Bonchev–Trinajstić information content (AvgIpc) is 3.01.